The molecule has 3 nitrogen and oxygen atoms in total. The van der Waals surface area contributed by atoms with Crippen LogP contribution >= 0.6 is 0 Å². The van der Waals surface area contributed by atoms with E-state index < -0.39 is 5.97 Å². The van der Waals surface area contributed by atoms with Crippen molar-refractivity contribution in [3.63, 3.8) is 0 Å². The van der Waals surface area contributed by atoms with Crippen LogP contribution in [0.15, 0.2) is 71.9 Å². The molecule has 0 aromatic rings. The van der Waals surface area contributed by atoms with Gasteiger partial charge in [-0.1, -0.05) is 79.7 Å². The second-order valence-electron chi connectivity index (χ2n) is 8.80. The number of hydrogen-bond acceptors (Lipinski definition) is 2. The SMILES string of the molecule is CC=C(C)C1C(C)=CC2C(O)C(C)CCC2C1(C)C=CC=CC=CC=CC(=O)O. The molecule has 6 atom stereocenters. The first-order chi connectivity index (χ1) is 13.7. The summed E-state index contributed by atoms with van der Waals surface area (Å²) in [4.78, 5) is 10.5. The number of carboxylic acid groups (broad SMARTS) is 1. The Morgan fingerprint density at radius 1 is 1.14 bits per heavy atom. The molecule has 0 heterocycles. The van der Waals surface area contributed by atoms with E-state index in [0.29, 0.717) is 17.8 Å². The van der Waals surface area contributed by atoms with Gasteiger partial charge in [-0.2, -0.15) is 0 Å². The first-order valence-corrected chi connectivity index (χ1v) is 10.6. The Morgan fingerprint density at radius 3 is 2.38 bits per heavy atom. The lowest BCUT2D eigenvalue weighted by molar-refractivity contribution is -0.131. The zero-order chi connectivity index (χ0) is 21.6. The van der Waals surface area contributed by atoms with E-state index in [1.54, 1.807) is 6.08 Å². The summed E-state index contributed by atoms with van der Waals surface area (Å²) in [6, 6.07) is 0. The normalized spacial score (nSPS) is 36.3. The second-order valence-corrected chi connectivity index (χ2v) is 8.80. The molecule has 29 heavy (non-hydrogen) atoms. The average Bonchev–Trinajstić information content (AvgIpc) is 2.66. The van der Waals surface area contributed by atoms with Crippen molar-refractivity contribution in [1.29, 1.82) is 0 Å². The maximum absolute atomic E-state index is 10.9. The van der Waals surface area contributed by atoms with Crippen LogP contribution in [0.1, 0.15) is 47.5 Å². The third-order valence-corrected chi connectivity index (χ3v) is 6.87. The lowest BCUT2D eigenvalue weighted by Crippen LogP contribution is -2.49. The summed E-state index contributed by atoms with van der Waals surface area (Å²) in [5.41, 5.74) is 2.67. The van der Waals surface area contributed by atoms with Crippen LogP contribution in [0.5, 0.6) is 0 Å². The fourth-order valence-corrected chi connectivity index (χ4v) is 5.36. The van der Waals surface area contributed by atoms with Crippen molar-refractivity contribution in [2.45, 2.75) is 53.6 Å². The number of fused-ring (bicyclic) bond motifs is 1. The van der Waals surface area contributed by atoms with Gasteiger partial charge in [0.1, 0.15) is 0 Å². The molecule has 2 aliphatic rings. The number of aliphatic hydroxyl groups excluding tert-OH is 1. The van der Waals surface area contributed by atoms with Gasteiger partial charge in [-0.25, -0.2) is 4.79 Å². The summed E-state index contributed by atoms with van der Waals surface area (Å²) in [6.45, 7) is 11.0. The van der Waals surface area contributed by atoms with Crippen LogP contribution in [0.4, 0.5) is 0 Å². The van der Waals surface area contributed by atoms with E-state index in [0.717, 1.165) is 18.9 Å². The maximum Gasteiger partial charge on any atom is 0.328 e. The number of allylic oxidation sites excluding steroid dienone is 10. The van der Waals surface area contributed by atoms with Crippen molar-refractivity contribution in [1.82, 2.24) is 0 Å². The summed E-state index contributed by atoms with van der Waals surface area (Å²) >= 11 is 0. The summed E-state index contributed by atoms with van der Waals surface area (Å²) in [5.74, 6) is 0.358. The lowest BCUT2D eigenvalue weighted by atomic mass is 9.51. The highest BCUT2D eigenvalue weighted by Crippen LogP contribution is 2.56. The molecular weight excluding hydrogens is 360 g/mol. The summed E-state index contributed by atoms with van der Waals surface area (Å²) in [7, 11) is 0. The van der Waals surface area contributed by atoms with Crippen molar-refractivity contribution in [3.05, 3.63) is 71.9 Å². The van der Waals surface area contributed by atoms with E-state index in [9.17, 15) is 9.90 Å². The van der Waals surface area contributed by atoms with Crippen LogP contribution in [-0.4, -0.2) is 22.3 Å². The van der Waals surface area contributed by atoms with Crippen LogP contribution < -0.4 is 0 Å². The molecule has 0 bridgehead atoms. The molecular formula is C26H36O3. The second kappa shape index (κ2) is 10.1. The largest absolute Gasteiger partial charge is 0.478 e. The monoisotopic (exact) mass is 396 g/mol. The van der Waals surface area contributed by atoms with E-state index in [1.165, 1.54) is 17.2 Å². The number of aliphatic carboxylic acids is 1. The molecule has 6 unspecified atom stereocenters. The quantitative estimate of drug-likeness (QED) is 0.335. The Labute approximate surface area is 175 Å². The van der Waals surface area contributed by atoms with Gasteiger partial charge in [0, 0.05) is 17.9 Å². The van der Waals surface area contributed by atoms with E-state index >= 15 is 0 Å². The van der Waals surface area contributed by atoms with E-state index in [-0.39, 0.29) is 17.4 Å². The molecule has 0 aliphatic heterocycles. The average molecular weight is 397 g/mol. The Hall–Kier alpha value is -2.13. The van der Waals surface area contributed by atoms with Gasteiger partial charge in [0.25, 0.3) is 0 Å². The Kier molecular flexibility index (Phi) is 8.04. The molecule has 0 amide bonds. The molecule has 3 heteroatoms. The number of hydrogen-bond donors (Lipinski definition) is 2. The molecule has 2 rings (SSSR count). The van der Waals surface area contributed by atoms with Crippen molar-refractivity contribution in [2.24, 2.45) is 29.1 Å². The summed E-state index contributed by atoms with van der Waals surface area (Å²) in [6.07, 6.45) is 20.9. The molecule has 0 saturated heterocycles. The highest BCUT2D eigenvalue weighted by molar-refractivity contribution is 5.80. The molecule has 0 spiro atoms. The minimum atomic E-state index is -0.948. The molecule has 1 fully saturated rings. The summed E-state index contributed by atoms with van der Waals surface area (Å²) < 4.78 is 0. The number of rotatable bonds is 6. The van der Waals surface area contributed by atoms with E-state index in [4.69, 9.17) is 5.11 Å². The van der Waals surface area contributed by atoms with Gasteiger partial charge in [-0.15, -0.1) is 0 Å². The van der Waals surface area contributed by atoms with Crippen molar-refractivity contribution in [3.8, 4) is 0 Å². The predicted molar refractivity (Wildman–Crippen MR) is 120 cm³/mol. The van der Waals surface area contributed by atoms with Crippen molar-refractivity contribution >= 4 is 5.97 Å². The maximum atomic E-state index is 10.9. The van der Waals surface area contributed by atoms with Gasteiger partial charge < -0.3 is 10.2 Å². The number of aliphatic hydroxyl groups is 1. The molecule has 0 radical (unpaired) electrons. The molecule has 158 valence electrons. The van der Waals surface area contributed by atoms with Crippen LogP contribution in [0.2, 0.25) is 0 Å². The fourth-order valence-electron chi connectivity index (χ4n) is 5.36. The van der Waals surface area contributed by atoms with Gasteiger partial charge in [0.2, 0.25) is 0 Å². The Bertz CT molecular complexity index is 765. The van der Waals surface area contributed by atoms with E-state index in [1.807, 2.05) is 18.2 Å². The highest BCUT2D eigenvalue weighted by Gasteiger charge is 2.50. The first kappa shape index (κ1) is 23.2. The van der Waals surface area contributed by atoms with Gasteiger partial charge in [-0.05, 0) is 50.9 Å². The van der Waals surface area contributed by atoms with Crippen molar-refractivity contribution < 1.29 is 15.0 Å². The zero-order valence-corrected chi connectivity index (χ0v) is 18.4. The fraction of sp³-hybridized carbons (Fsp3) is 0.500. The Balaban J connectivity index is 2.31. The molecule has 2 aliphatic carbocycles. The minimum Gasteiger partial charge on any atom is -0.478 e. The number of carboxylic acids is 1. The van der Waals surface area contributed by atoms with Crippen LogP contribution in [0.25, 0.3) is 0 Å². The van der Waals surface area contributed by atoms with Crippen LogP contribution in [0, 0.1) is 29.1 Å². The predicted octanol–water partition coefficient (Wildman–Crippen LogP) is 5.87. The minimum absolute atomic E-state index is 0.0571. The molecule has 2 N–H and O–H groups in total. The highest BCUT2D eigenvalue weighted by atomic mass is 16.4. The molecule has 0 aromatic heterocycles. The first-order valence-electron chi connectivity index (χ1n) is 10.6. The van der Waals surface area contributed by atoms with E-state index in [2.05, 4.69) is 58.9 Å². The Morgan fingerprint density at radius 2 is 1.76 bits per heavy atom. The number of carbonyl (C=O) groups is 1. The molecule has 1 saturated carbocycles. The third kappa shape index (κ3) is 5.27. The lowest BCUT2D eigenvalue weighted by Gasteiger charge is -2.53. The van der Waals surface area contributed by atoms with Crippen molar-refractivity contribution in [2.75, 3.05) is 0 Å². The topological polar surface area (TPSA) is 57.5 Å². The third-order valence-electron chi connectivity index (χ3n) is 6.87. The van der Waals surface area contributed by atoms with Gasteiger partial charge >= 0.3 is 5.97 Å². The van der Waals surface area contributed by atoms with Crippen LogP contribution in [0.3, 0.4) is 0 Å². The summed E-state index contributed by atoms with van der Waals surface area (Å²) in [5, 5.41) is 19.5. The zero-order valence-electron chi connectivity index (χ0n) is 18.4. The van der Waals surface area contributed by atoms with Crippen LogP contribution in [-0.2, 0) is 4.79 Å². The van der Waals surface area contributed by atoms with Gasteiger partial charge in [0.15, 0.2) is 0 Å². The smallest absolute Gasteiger partial charge is 0.328 e. The molecule has 0 aromatic carbocycles. The van der Waals surface area contributed by atoms with Gasteiger partial charge in [0.05, 0.1) is 6.10 Å². The standard InChI is InChI=1S/C26H36O3/c1-6-18(2)24-20(4)17-21-22(15-14-19(3)25(21)29)26(24,5)16-12-10-8-7-9-11-13-23(27)28/h6-13,16-17,19,21-22,24-25,29H,14-15H2,1-5H3,(H,27,28). The van der Waals surface area contributed by atoms with Gasteiger partial charge in [-0.3, -0.25) is 0 Å².